The van der Waals surface area contributed by atoms with Crippen LogP contribution in [0.25, 0.3) is 0 Å². The van der Waals surface area contributed by atoms with Crippen molar-refractivity contribution in [3.63, 3.8) is 0 Å². The molecule has 6 heteroatoms. The van der Waals surface area contributed by atoms with Crippen LogP contribution in [0.5, 0.6) is 5.75 Å². The van der Waals surface area contributed by atoms with Gasteiger partial charge in [-0.05, 0) is 75.5 Å². The van der Waals surface area contributed by atoms with E-state index in [0.29, 0.717) is 6.41 Å². The van der Waals surface area contributed by atoms with E-state index in [-0.39, 0.29) is 0 Å². The molecule has 2 aliphatic rings. The summed E-state index contributed by atoms with van der Waals surface area (Å²) in [5.74, 6) is 1.88. The lowest BCUT2D eigenvalue weighted by Crippen LogP contribution is -2.30. The Labute approximate surface area is 182 Å². The number of likely N-dealkylation sites (tertiary alicyclic amines) is 1. The first-order chi connectivity index (χ1) is 14.7. The van der Waals surface area contributed by atoms with E-state index >= 15 is 0 Å². The van der Waals surface area contributed by atoms with Crippen LogP contribution in [0, 0.1) is 5.92 Å². The molecular formula is C24H40N4O2. The number of methoxy groups -OCH3 is 1. The summed E-state index contributed by atoms with van der Waals surface area (Å²) in [6, 6.07) is 7.43. The summed E-state index contributed by atoms with van der Waals surface area (Å²) in [5, 5.41) is 7.93. The molecule has 0 bridgehead atoms. The van der Waals surface area contributed by atoms with Gasteiger partial charge in [0.1, 0.15) is 12.1 Å². The molecule has 1 aliphatic carbocycles. The maximum absolute atomic E-state index is 9.97. The Bertz CT molecular complexity index is 576. The van der Waals surface area contributed by atoms with E-state index in [1.54, 1.807) is 19.2 Å². The smallest absolute Gasteiger partial charge is 0.212 e. The van der Waals surface area contributed by atoms with Gasteiger partial charge in [-0.3, -0.25) is 9.80 Å². The van der Waals surface area contributed by atoms with E-state index < -0.39 is 0 Å². The second-order valence-electron chi connectivity index (χ2n) is 8.30. The summed E-state index contributed by atoms with van der Waals surface area (Å²) >= 11 is 0. The molecule has 1 amide bonds. The number of hydrazone groups is 1. The highest BCUT2D eigenvalue weighted by atomic mass is 16.5. The number of nitrogens with one attached hydrogen (secondary N) is 1. The van der Waals surface area contributed by atoms with Crippen LogP contribution in [0.1, 0.15) is 64.2 Å². The summed E-state index contributed by atoms with van der Waals surface area (Å²) < 4.78 is 5.03. The van der Waals surface area contributed by atoms with Crippen molar-refractivity contribution in [3.05, 3.63) is 24.3 Å². The lowest BCUT2D eigenvalue weighted by molar-refractivity contribution is -0.108. The van der Waals surface area contributed by atoms with Crippen LogP contribution in [0.2, 0.25) is 0 Å². The van der Waals surface area contributed by atoms with Gasteiger partial charge in [-0.15, -0.1) is 0 Å². The molecule has 1 aromatic carbocycles. The van der Waals surface area contributed by atoms with E-state index in [1.165, 1.54) is 90.2 Å². The van der Waals surface area contributed by atoms with Crippen molar-refractivity contribution in [1.29, 1.82) is 0 Å². The van der Waals surface area contributed by atoms with Gasteiger partial charge < -0.3 is 15.0 Å². The van der Waals surface area contributed by atoms with Crippen molar-refractivity contribution in [2.75, 3.05) is 38.8 Å². The number of benzene rings is 1. The fourth-order valence-corrected chi connectivity index (χ4v) is 4.28. The van der Waals surface area contributed by atoms with E-state index in [2.05, 4.69) is 15.3 Å². The quantitative estimate of drug-likeness (QED) is 0.275. The number of piperidine rings is 1. The highest BCUT2D eigenvalue weighted by molar-refractivity contribution is 5.72. The Balaban J connectivity index is 0.000000214. The third-order valence-electron chi connectivity index (χ3n) is 6.08. The van der Waals surface area contributed by atoms with Crippen LogP contribution in [-0.4, -0.2) is 51.4 Å². The number of hydrogen-bond donors (Lipinski definition) is 1. The number of carbonyl (C=O) groups excluding carboxylic acids is 1. The zero-order valence-corrected chi connectivity index (χ0v) is 18.9. The molecular weight excluding hydrogens is 376 g/mol. The highest BCUT2D eigenvalue weighted by Crippen LogP contribution is 2.27. The molecule has 3 rings (SSSR count). The first-order valence-corrected chi connectivity index (χ1v) is 11.5. The van der Waals surface area contributed by atoms with Gasteiger partial charge in [-0.25, -0.2) is 0 Å². The zero-order valence-electron chi connectivity index (χ0n) is 18.9. The fraction of sp³-hybridized carbons (Fsp3) is 0.667. The maximum Gasteiger partial charge on any atom is 0.212 e. The topological polar surface area (TPSA) is 57.2 Å². The molecule has 1 aromatic rings. The summed E-state index contributed by atoms with van der Waals surface area (Å²) in [5.41, 5.74) is 0.903. The number of carbonyl (C=O) groups is 1. The standard InChI is InChI=1S/C14H27N.C10H13N3O2/c1-3-8-14(9-4-1)10-7-13-15-11-5-2-6-12-15;1-13(12-7-11-8-14)9-3-5-10(15-2)6-4-9/h14H,1-13H2;3-8H,1-2H3,(H,11,12,14). The minimum atomic E-state index is 0.561. The summed E-state index contributed by atoms with van der Waals surface area (Å²) in [6.45, 7) is 4.14. The van der Waals surface area contributed by atoms with Gasteiger partial charge in [0.25, 0.3) is 0 Å². The molecule has 30 heavy (non-hydrogen) atoms. The van der Waals surface area contributed by atoms with Crippen molar-refractivity contribution in [1.82, 2.24) is 10.2 Å². The van der Waals surface area contributed by atoms with Crippen molar-refractivity contribution < 1.29 is 9.53 Å². The monoisotopic (exact) mass is 416 g/mol. The number of anilines is 1. The number of hydrogen-bond acceptors (Lipinski definition) is 5. The van der Waals surface area contributed by atoms with Crippen LogP contribution in [-0.2, 0) is 4.79 Å². The lowest BCUT2D eigenvalue weighted by atomic mass is 9.86. The normalized spacial score (nSPS) is 17.8. The lowest BCUT2D eigenvalue weighted by Gasteiger charge is -2.27. The number of amides is 1. The van der Waals surface area contributed by atoms with Crippen LogP contribution in [0.15, 0.2) is 29.4 Å². The molecule has 1 saturated heterocycles. The number of nitrogens with zero attached hydrogens (tertiary/aromatic N) is 3. The van der Waals surface area contributed by atoms with Crippen LogP contribution in [0.3, 0.4) is 0 Å². The van der Waals surface area contributed by atoms with Gasteiger partial charge in [0, 0.05) is 7.05 Å². The van der Waals surface area contributed by atoms with Crippen LogP contribution in [0.4, 0.5) is 5.69 Å². The van der Waals surface area contributed by atoms with E-state index in [0.717, 1.165) is 17.4 Å². The molecule has 1 aliphatic heterocycles. The molecule has 1 heterocycles. The third-order valence-corrected chi connectivity index (χ3v) is 6.08. The van der Waals surface area contributed by atoms with E-state index in [1.807, 2.05) is 24.3 Å². The van der Waals surface area contributed by atoms with Gasteiger partial charge in [0.2, 0.25) is 6.41 Å². The second-order valence-corrected chi connectivity index (χ2v) is 8.30. The molecule has 0 aromatic heterocycles. The maximum atomic E-state index is 9.97. The fourth-order valence-electron chi connectivity index (χ4n) is 4.28. The molecule has 1 N–H and O–H groups in total. The Morgan fingerprint density at radius 1 is 1.10 bits per heavy atom. The van der Waals surface area contributed by atoms with Crippen molar-refractivity contribution in [2.24, 2.45) is 11.0 Å². The average molecular weight is 417 g/mol. The molecule has 0 atom stereocenters. The van der Waals surface area contributed by atoms with Gasteiger partial charge in [0.05, 0.1) is 12.8 Å². The van der Waals surface area contributed by atoms with Crippen molar-refractivity contribution in [2.45, 2.75) is 64.2 Å². The van der Waals surface area contributed by atoms with E-state index in [9.17, 15) is 4.79 Å². The second kappa shape index (κ2) is 14.8. The summed E-state index contributed by atoms with van der Waals surface area (Å²) in [6.07, 6.45) is 16.8. The number of rotatable bonds is 9. The third kappa shape index (κ3) is 9.61. The largest absolute Gasteiger partial charge is 0.497 e. The highest BCUT2D eigenvalue weighted by Gasteiger charge is 2.14. The van der Waals surface area contributed by atoms with Gasteiger partial charge in [-0.2, -0.15) is 5.10 Å². The first kappa shape index (κ1) is 24.2. The Morgan fingerprint density at radius 3 is 2.40 bits per heavy atom. The SMILES string of the molecule is C1CCC(CCCN2CCCCC2)CC1.COc1ccc(N(C)/N=C\NC=O)cc1. The summed E-state index contributed by atoms with van der Waals surface area (Å²) in [7, 11) is 3.40. The average Bonchev–Trinajstić information content (AvgIpc) is 2.81. The molecule has 0 unspecified atom stereocenters. The Kier molecular flexibility index (Phi) is 12.0. The first-order valence-electron chi connectivity index (χ1n) is 11.5. The van der Waals surface area contributed by atoms with Crippen LogP contribution >= 0.6 is 0 Å². The van der Waals surface area contributed by atoms with Gasteiger partial charge in [0.15, 0.2) is 0 Å². The van der Waals surface area contributed by atoms with Crippen molar-refractivity contribution in [3.8, 4) is 5.75 Å². The van der Waals surface area contributed by atoms with Gasteiger partial charge >= 0.3 is 0 Å². The number of ether oxygens (including phenoxy) is 1. The minimum absolute atomic E-state index is 0.561. The molecule has 2 fully saturated rings. The minimum Gasteiger partial charge on any atom is -0.497 e. The Hall–Kier alpha value is -2.08. The zero-order chi connectivity index (χ0) is 21.4. The van der Waals surface area contributed by atoms with Gasteiger partial charge in [-0.1, -0.05) is 38.5 Å². The predicted molar refractivity (Wildman–Crippen MR) is 125 cm³/mol. The molecule has 1 saturated carbocycles. The molecule has 0 spiro atoms. The van der Waals surface area contributed by atoms with E-state index in [4.69, 9.17) is 4.74 Å². The molecule has 6 nitrogen and oxygen atoms in total. The predicted octanol–water partition coefficient (Wildman–Crippen LogP) is 4.65. The van der Waals surface area contributed by atoms with Crippen molar-refractivity contribution >= 4 is 18.4 Å². The Morgan fingerprint density at radius 2 is 1.77 bits per heavy atom. The van der Waals surface area contributed by atoms with Crippen LogP contribution < -0.4 is 15.1 Å². The molecule has 168 valence electrons. The molecule has 0 radical (unpaired) electrons. The summed E-state index contributed by atoms with van der Waals surface area (Å²) in [4.78, 5) is 12.7.